The van der Waals surface area contributed by atoms with Crippen LogP contribution in [0.3, 0.4) is 0 Å². The van der Waals surface area contributed by atoms with Crippen LogP contribution in [0.5, 0.6) is 0 Å². The number of thiophene rings is 1. The third-order valence-electron chi connectivity index (χ3n) is 18.8. The summed E-state index contributed by atoms with van der Waals surface area (Å²) in [6.07, 6.45) is 0. The fourth-order valence-electron chi connectivity index (χ4n) is 15.1. The van der Waals surface area contributed by atoms with E-state index in [2.05, 4.69) is 320 Å². The quantitative estimate of drug-likeness (QED) is 0.107. The van der Waals surface area contributed by atoms with Crippen LogP contribution in [0, 0.1) is 0 Å². The van der Waals surface area contributed by atoms with Crippen LogP contribution in [0.25, 0.3) is 125 Å². The molecule has 0 N–H and O–H groups in total. The molecule has 0 aliphatic heterocycles. The minimum Gasteiger partial charge on any atom is -0.277 e. The van der Waals surface area contributed by atoms with E-state index in [1.165, 1.54) is 114 Å². The van der Waals surface area contributed by atoms with Crippen molar-refractivity contribution in [2.75, 3.05) is 0 Å². The van der Waals surface area contributed by atoms with E-state index in [4.69, 9.17) is 9.97 Å². The average Bonchev–Trinajstić information content (AvgIpc) is 1.54. The van der Waals surface area contributed by atoms with Crippen molar-refractivity contribution in [2.24, 2.45) is 0 Å². The molecule has 88 heavy (non-hydrogen) atoms. The average molecular weight is 1140 g/mol. The fourth-order valence-corrected chi connectivity index (χ4v) is 16.5. The number of benzene rings is 14. The van der Waals surface area contributed by atoms with Gasteiger partial charge in [0.2, 0.25) is 5.95 Å². The highest BCUT2D eigenvalue weighted by Gasteiger charge is 2.46. The van der Waals surface area contributed by atoms with Gasteiger partial charge in [0.05, 0.1) is 27.8 Å². The maximum absolute atomic E-state index is 5.66. The molecule has 0 amide bonds. The van der Waals surface area contributed by atoms with Crippen molar-refractivity contribution < 1.29 is 0 Å². The minimum atomic E-state index is -0.562. The molecule has 1 atom stereocenters. The van der Waals surface area contributed by atoms with E-state index in [1.54, 1.807) is 0 Å². The smallest absolute Gasteiger partial charge is 0.235 e. The number of nitrogens with zero attached hydrogens (tertiary/aromatic N) is 3. The Kier molecular flexibility index (Phi) is 11.5. The molecule has 1 aliphatic carbocycles. The maximum Gasteiger partial charge on any atom is 0.235 e. The van der Waals surface area contributed by atoms with Crippen molar-refractivity contribution in [1.29, 1.82) is 0 Å². The van der Waals surface area contributed by atoms with Gasteiger partial charge < -0.3 is 0 Å². The van der Waals surface area contributed by atoms with E-state index in [0.29, 0.717) is 5.95 Å². The van der Waals surface area contributed by atoms with Gasteiger partial charge in [0, 0.05) is 58.8 Å². The van der Waals surface area contributed by atoms with Crippen LogP contribution in [0.2, 0.25) is 0 Å². The molecular weight excluding hydrogens is 1080 g/mol. The van der Waals surface area contributed by atoms with Crippen LogP contribution >= 0.6 is 11.3 Å². The molecule has 18 rings (SSSR count). The lowest BCUT2D eigenvalue weighted by atomic mass is 9.67. The van der Waals surface area contributed by atoms with Gasteiger partial charge in [-0.3, -0.25) is 4.57 Å². The topological polar surface area (TPSA) is 30.7 Å². The number of rotatable bonds is 9. The first-order valence-corrected chi connectivity index (χ1v) is 31.1. The van der Waals surface area contributed by atoms with Gasteiger partial charge in [0.25, 0.3) is 0 Å². The van der Waals surface area contributed by atoms with Crippen LogP contribution in [0.15, 0.2) is 315 Å². The van der Waals surface area contributed by atoms with Crippen molar-refractivity contribution in [3.63, 3.8) is 0 Å². The molecule has 0 fully saturated rings. The molecule has 1 aliphatic rings. The third-order valence-corrected chi connectivity index (χ3v) is 20.1. The highest BCUT2D eigenvalue weighted by molar-refractivity contribution is 7.27. The summed E-state index contributed by atoms with van der Waals surface area (Å²) in [5.74, 6) is 0.477. The Balaban J connectivity index is 0.967. The summed E-state index contributed by atoms with van der Waals surface area (Å²) < 4.78 is 4.95. The predicted octanol–water partition coefficient (Wildman–Crippen LogP) is 21.9. The predicted molar refractivity (Wildman–Crippen MR) is 369 cm³/mol. The third kappa shape index (κ3) is 7.49. The van der Waals surface area contributed by atoms with Crippen LogP contribution in [0.1, 0.15) is 44.9 Å². The molecule has 17 aromatic rings. The number of hydrogen-bond acceptors (Lipinski definition) is 3. The molecule has 0 saturated heterocycles. The standard InChI is InChI=1S/C84H53N3S/c1-6-25-53(26-7-1)54-45-47-57(48-46-54)75(58-49-50-64-63-37-22-23-44-71(63)84(72(64)51-58,59-31-12-4-13-32-59)60-33-14-5-15-34-60)69-42-24-43-70-76-66-39-19-21-41-68(66)80-78(82(76)88-81(69)70)77-65-38-18-16-35-61(65)62-36-17-20-40-67(62)79(77)87(80)83-85-73(55-27-8-2-9-28-55)52-74(86-83)56-29-10-3-11-30-56/h1-52,75H. The second kappa shape index (κ2) is 20.0. The van der Waals surface area contributed by atoms with E-state index < -0.39 is 5.41 Å². The number of hydrogen-bond donors (Lipinski definition) is 0. The Morgan fingerprint density at radius 3 is 1.39 bits per heavy atom. The van der Waals surface area contributed by atoms with Crippen LogP contribution in [-0.4, -0.2) is 14.5 Å². The molecule has 1 unspecified atom stereocenters. The highest BCUT2D eigenvalue weighted by Crippen LogP contribution is 2.58. The largest absolute Gasteiger partial charge is 0.277 e. The number of aromatic nitrogens is 3. The molecule has 3 heterocycles. The van der Waals surface area contributed by atoms with Gasteiger partial charge in [-0.2, -0.15) is 0 Å². The zero-order valence-corrected chi connectivity index (χ0v) is 48.7. The van der Waals surface area contributed by atoms with Crippen molar-refractivity contribution >= 4 is 85.6 Å². The normalized spacial score (nSPS) is 13.0. The first kappa shape index (κ1) is 50.3. The van der Waals surface area contributed by atoms with Crippen molar-refractivity contribution in [2.45, 2.75) is 11.3 Å². The molecule has 0 bridgehead atoms. The first-order valence-electron chi connectivity index (χ1n) is 30.3. The van der Waals surface area contributed by atoms with Gasteiger partial charge in [-0.1, -0.05) is 309 Å². The first-order chi connectivity index (χ1) is 43.7. The lowest BCUT2D eigenvalue weighted by molar-refractivity contribution is 0.765. The van der Waals surface area contributed by atoms with E-state index >= 15 is 0 Å². The molecule has 0 radical (unpaired) electrons. The Morgan fingerprint density at radius 1 is 0.307 bits per heavy atom. The van der Waals surface area contributed by atoms with Gasteiger partial charge in [0.1, 0.15) is 0 Å². The lowest BCUT2D eigenvalue weighted by Crippen LogP contribution is -2.28. The zero-order valence-electron chi connectivity index (χ0n) is 47.8. The monoisotopic (exact) mass is 1140 g/mol. The summed E-state index contributed by atoms with van der Waals surface area (Å²) >= 11 is 1.94. The summed E-state index contributed by atoms with van der Waals surface area (Å²) in [6, 6.07) is 116. The van der Waals surface area contributed by atoms with E-state index in [9.17, 15) is 0 Å². The summed E-state index contributed by atoms with van der Waals surface area (Å²) in [7, 11) is 0. The summed E-state index contributed by atoms with van der Waals surface area (Å²) in [6.45, 7) is 0. The zero-order chi connectivity index (χ0) is 57.9. The lowest BCUT2D eigenvalue weighted by Gasteiger charge is -2.34. The molecule has 3 nitrogen and oxygen atoms in total. The molecule has 0 spiro atoms. The molecule has 4 heteroatoms. The summed E-state index contributed by atoms with van der Waals surface area (Å²) in [5.41, 5.74) is 19.2. The van der Waals surface area contributed by atoms with Crippen molar-refractivity contribution in [3.05, 3.63) is 354 Å². The molecule has 3 aromatic heterocycles. The van der Waals surface area contributed by atoms with Crippen LogP contribution in [-0.2, 0) is 5.41 Å². The van der Waals surface area contributed by atoms with Crippen molar-refractivity contribution in [3.8, 4) is 50.7 Å². The SMILES string of the molecule is c1ccc(-c2ccc(C(c3ccc4c(c3)C(c3ccccc3)(c3ccccc3)c3ccccc3-4)c3cccc4c3sc3c4c4ccccc4c4c3c3c5ccccc5c5ccccc5c3n4-c3nc(-c4ccccc4)cc(-c4ccccc4)n3)cc2)cc1. The van der Waals surface area contributed by atoms with Gasteiger partial charge in [-0.15, -0.1) is 11.3 Å². The molecule has 410 valence electrons. The van der Waals surface area contributed by atoms with E-state index in [1.807, 2.05) is 11.3 Å². The Morgan fingerprint density at radius 2 is 0.761 bits per heavy atom. The Bertz CT molecular complexity index is 5500. The van der Waals surface area contributed by atoms with Crippen LogP contribution in [0.4, 0.5) is 0 Å². The summed E-state index contributed by atoms with van der Waals surface area (Å²) in [5, 5.41) is 12.0. The number of fused-ring (bicyclic) bond motifs is 18. The van der Waals surface area contributed by atoms with Gasteiger partial charge in [-0.05, 0) is 88.8 Å². The van der Waals surface area contributed by atoms with Gasteiger partial charge in [0.15, 0.2) is 0 Å². The molecule has 14 aromatic carbocycles. The molecular formula is C84H53N3S. The minimum absolute atomic E-state index is 0.154. The van der Waals surface area contributed by atoms with Crippen molar-refractivity contribution in [1.82, 2.24) is 14.5 Å². The van der Waals surface area contributed by atoms with Crippen LogP contribution < -0.4 is 0 Å². The highest BCUT2D eigenvalue weighted by atomic mass is 32.1. The van der Waals surface area contributed by atoms with E-state index in [-0.39, 0.29) is 5.92 Å². The van der Waals surface area contributed by atoms with E-state index in [0.717, 1.165) is 44.3 Å². The fraction of sp³-hybridized carbons (Fsp3) is 0.0238. The maximum atomic E-state index is 5.66. The van der Waals surface area contributed by atoms with Gasteiger partial charge >= 0.3 is 0 Å². The molecule has 0 saturated carbocycles. The second-order valence-electron chi connectivity index (χ2n) is 23.4. The Hall–Kier alpha value is -11.0. The Labute approximate surface area is 513 Å². The van der Waals surface area contributed by atoms with Gasteiger partial charge in [-0.25, -0.2) is 9.97 Å². The summed E-state index contributed by atoms with van der Waals surface area (Å²) in [4.78, 5) is 11.3. The second-order valence-corrected chi connectivity index (χ2v) is 24.4.